The van der Waals surface area contributed by atoms with E-state index in [1.54, 1.807) is 0 Å². The van der Waals surface area contributed by atoms with Crippen molar-refractivity contribution in [3.8, 4) is 0 Å². The SMILES string of the molecule is CC(C)C12CCCN1C(C(C)(C)C13CCCN1CC1(CC1(F)F)C3)[C@H](F)C2. The molecule has 4 heterocycles. The Kier molecular flexibility index (Phi) is 3.64. The molecule has 0 bridgehead atoms. The minimum atomic E-state index is -2.51. The second kappa shape index (κ2) is 5.24. The van der Waals surface area contributed by atoms with E-state index in [0.29, 0.717) is 25.3 Å². The topological polar surface area (TPSA) is 6.48 Å². The van der Waals surface area contributed by atoms with Gasteiger partial charge in [-0.25, -0.2) is 13.2 Å². The van der Waals surface area contributed by atoms with Crippen LogP contribution in [0.25, 0.3) is 0 Å². The van der Waals surface area contributed by atoms with Gasteiger partial charge in [-0.3, -0.25) is 9.80 Å². The van der Waals surface area contributed by atoms with Crippen LogP contribution in [0.2, 0.25) is 0 Å². The molecular formula is C22H35F3N2. The summed E-state index contributed by atoms with van der Waals surface area (Å²) in [6.45, 7) is 11.3. The summed E-state index contributed by atoms with van der Waals surface area (Å²) >= 11 is 0. The van der Waals surface area contributed by atoms with Crippen LogP contribution >= 0.6 is 0 Å². The van der Waals surface area contributed by atoms with Crippen molar-refractivity contribution < 1.29 is 13.2 Å². The van der Waals surface area contributed by atoms with Crippen LogP contribution in [0.15, 0.2) is 0 Å². The van der Waals surface area contributed by atoms with Gasteiger partial charge in [0.2, 0.25) is 0 Å². The molecule has 1 saturated carbocycles. The highest BCUT2D eigenvalue weighted by atomic mass is 19.3. The van der Waals surface area contributed by atoms with Gasteiger partial charge in [0.05, 0.1) is 5.41 Å². The Morgan fingerprint density at radius 1 is 1.04 bits per heavy atom. The van der Waals surface area contributed by atoms with Gasteiger partial charge >= 0.3 is 0 Å². The van der Waals surface area contributed by atoms with Crippen molar-refractivity contribution in [1.29, 1.82) is 0 Å². The lowest BCUT2D eigenvalue weighted by Crippen LogP contribution is -2.62. The van der Waals surface area contributed by atoms with E-state index in [1.165, 1.54) is 0 Å². The van der Waals surface area contributed by atoms with Crippen LogP contribution in [-0.2, 0) is 0 Å². The van der Waals surface area contributed by atoms with Gasteiger partial charge in [0, 0.05) is 35.5 Å². The summed E-state index contributed by atoms with van der Waals surface area (Å²) < 4.78 is 44.2. The van der Waals surface area contributed by atoms with E-state index in [1.807, 2.05) is 0 Å². The molecule has 5 aliphatic rings. The Morgan fingerprint density at radius 3 is 2.33 bits per heavy atom. The third-order valence-corrected chi connectivity index (χ3v) is 9.78. The van der Waals surface area contributed by atoms with Crippen LogP contribution < -0.4 is 0 Å². The summed E-state index contributed by atoms with van der Waals surface area (Å²) in [5, 5.41) is 0. The molecule has 1 aliphatic carbocycles. The zero-order valence-electron chi connectivity index (χ0n) is 17.3. The fourth-order valence-corrected chi connectivity index (χ4v) is 8.22. The normalized spacial score (nSPS) is 49.3. The van der Waals surface area contributed by atoms with Gasteiger partial charge in [-0.1, -0.05) is 27.7 Å². The molecule has 0 aromatic rings. The molecule has 4 aliphatic heterocycles. The van der Waals surface area contributed by atoms with Crippen molar-refractivity contribution in [3.63, 3.8) is 0 Å². The molecule has 0 aromatic heterocycles. The number of nitrogens with zero attached hydrogens (tertiary/aromatic N) is 2. The van der Waals surface area contributed by atoms with Gasteiger partial charge in [-0.15, -0.1) is 0 Å². The lowest BCUT2D eigenvalue weighted by molar-refractivity contribution is -0.0493. The number of rotatable bonds is 3. The fraction of sp³-hybridized carbons (Fsp3) is 1.00. The highest BCUT2D eigenvalue weighted by Gasteiger charge is 2.79. The lowest BCUT2D eigenvalue weighted by Gasteiger charge is -2.53. The molecule has 0 aromatic carbocycles. The van der Waals surface area contributed by atoms with E-state index in [2.05, 4.69) is 37.5 Å². The summed E-state index contributed by atoms with van der Waals surface area (Å²) in [7, 11) is 0. The Balaban J connectivity index is 1.53. The van der Waals surface area contributed by atoms with Gasteiger partial charge in [0.15, 0.2) is 0 Å². The first-order chi connectivity index (χ1) is 12.5. The smallest absolute Gasteiger partial charge is 0.255 e. The second-order valence-corrected chi connectivity index (χ2v) is 11.3. The zero-order valence-corrected chi connectivity index (χ0v) is 17.3. The third-order valence-electron chi connectivity index (χ3n) is 9.78. The summed E-state index contributed by atoms with van der Waals surface area (Å²) in [6.07, 6.45) is 4.59. The molecule has 27 heavy (non-hydrogen) atoms. The number of hydrogen-bond acceptors (Lipinski definition) is 2. The fourth-order valence-electron chi connectivity index (χ4n) is 8.22. The van der Waals surface area contributed by atoms with Gasteiger partial charge in [0.1, 0.15) is 6.17 Å². The van der Waals surface area contributed by atoms with Crippen LogP contribution in [0, 0.1) is 16.7 Å². The molecule has 5 rings (SSSR count). The molecule has 1 spiro atoms. The van der Waals surface area contributed by atoms with E-state index in [-0.39, 0.29) is 29.0 Å². The maximum absolute atomic E-state index is 15.7. The Labute approximate surface area is 161 Å². The highest BCUT2D eigenvalue weighted by Crippen LogP contribution is 2.73. The summed E-state index contributed by atoms with van der Waals surface area (Å²) in [5.74, 6) is -2.08. The monoisotopic (exact) mass is 384 g/mol. The number of halogens is 3. The minimum absolute atomic E-state index is 0.0266. The number of fused-ring (bicyclic) bond motifs is 2. The van der Waals surface area contributed by atoms with Gasteiger partial charge in [-0.2, -0.15) is 0 Å². The summed E-state index contributed by atoms with van der Waals surface area (Å²) in [5.41, 5.74) is -1.44. The molecule has 0 N–H and O–H groups in total. The molecule has 154 valence electrons. The van der Waals surface area contributed by atoms with E-state index in [4.69, 9.17) is 0 Å². The third kappa shape index (κ3) is 2.06. The zero-order chi connectivity index (χ0) is 19.5. The standard InChI is InChI=1S/C22H35F3N2/c1-15(2)20-7-5-10-27(20)17(16(23)11-20)18(3,4)21-8-6-9-26(21)14-19(12-21)13-22(19,24)25/h15-17H,5-14H2,1-4H3/t16-,17?,19?,20?,21?/m1/s1. The maximum Gasteiger partial charge on any atom is 0.255 e. The molecule has 5 fully saturated rings. The maximum atomic E-state index is 15.7. The largest absolute Gasteiger partial charge is 0.296 e. The van der Waals surface area contributed by atoms with Crippen molar-refractivity contribution in [2.75, 3.05) is 19.6 Å². The molecule has 0 radical (unpaired) electrons. The van der Waals surface area contributed by atoms with E-state index >= 15 is 4.39 Å². The van der Waals surface area contributed by atoms with Gasteiger partial charge in [-0.05, 0) is 57.5 Å². The molecule has 5 atom stereocenters. The Bertz CT molecular complexity index is 649. The van der Waals surface area contributed by atoms with Crippen LogP contribution in [0.4, 0.5) is 13.2 Å². The van der Waals surface area contributed by atoms with Crippen LogP contribution in [-0.4, -0.2) is 58.6 Å². The quantitative estimate of drug-likeness (QED) is 0.684. The van der Waals surface area contributed by atoms with Crippen LogP contribution in [0.3, 0.4) is 0 Å². The van der Waals surface area contributed by atoms with Crippen molar-refractivity contribution in [2.45, 2.75) is 102 Å². The van der Waals surface area contributed by atoms with Crippen molar-refractivity contribution >= 4 is 0 Å². The van der Waals surface area contributed by atoms with Crippen LogP contribution in [0.5, 0.6) is 0 Å². The predicted octanol–water partition coefficient (Wildman–Crippen LogP) is 4.88. The van der Waals surface area contributed by atoms with E-state index in [0.717, 1.165) is 38.8 Å². The van der Waals surface area contributed by atoms with Crippen molar-refractivity contribution in [2.24, 2.45) is 16.7 Å². The minimum Gasteiger partial charge on any atom is -0.296 e. The molecule has 0 amide bonds. The lowest BCUT2D eigenvalue weighted by atomic mass is 9.63. The molecule has 2 nitrogen and oxygen atoms in total. The van der Waals surface area contributed by atoms with Crippen molar-refractivity contribution in [3.05, 3.63) is 0 Å². The highest BCUT2D eigenvalue weighted by molar-refractivity contribution is 5.27. The summed E-state index contributed by atoms with van der Waals surface area (Å²) in [4.78, 5) is 4.84. The van der Waals surface area contributed by atoms with E-state index < -0.39 is 17.5 Å². The molecular weight excluding hydrogens is 349 g/mol. The Morgan fingerprint density at radius 2 is 1.70 bits per heavy atom. The second-order valence-electron chi connectivity index (χ2n) is 11.3. The van der Waals surface area contributed by atoms with Gasteiger partial charge < -0.3 is 0 Å². The molecule has 4 saturated heterocycles. The molecule has 4 unspecified atom stereocenters. The Hall–Kier alpha value is -0.290. The van der Waals surface area contributed by atoms with E-state index in [9.17, 15) is 8.78 Å². The van der Waals surface area contributed by atoms with Crippen molar-refractivity contribution in [1.82, 2.24) is 9.80 Å². The number of hydrogen-bond donors (Lipinski definition) is 0. The first-order valence-electron chi connectivity index (χ1n) is 11.1. The van der Waals surface area contributed by atoms with Crippen LogP contribution in [0.1, 0.15) is 72.6 Å². The predicted molar refractivity (Wildman–Crippen MR) is 101 cm³/mol. The average Bonchev–Trinajstić information content (AvgIpc) is 3.01. The summed E-state index contributed by atoms with van der Waals surface area (Å²) in [6, 6.07) is -0.148. The first kappa shape index (κ1) is 18.7. The first-order valence-corrected chi connectivity index (χ1v) is 11.1. The number of alkyl halides is 3. The van der Waals surface area contributed by atoms with Gasteiger partial charge in [0.25, 0.3) is 5.92 Å². The average molecular weight is 385 g/mol. The molecule has 5 heteroatoms.